The Balaban J connectivity index is 2.08. The molecule has 0 aromatic carbocycles. The smallest absolute Gasteiger partial charge is 0.214 e. The first kappa shape index (κ1) is 13.6. The summed E-state index contributed by atoms with van der Waals surface area (Å²) in [5, 5.41) is 37.6. The molecule has 0 spiro atoms. The minimum absolute atomic E-state index is 0.308. The molecule has 18 heavy (non-hydrogen) atoms. The number of hydrogen-bond acceptors (Lipinski definition) is 7. The van der Waals surface area contributed by atoms with Gasteiger partial charge in [0.2, 0.25) is 5.88 Å². The van der Waals surface area contributed by atoms with Gasteiger partial charge in [0.25, 0.3) is 0 Å². The van der Waals surface area contributed by atoms with Crippen molar-refractivity contribution >= 4 is 11.8 Å². The van der Waals surface area contributed by atoms with Crippen molar-refractivity contribution in [2.45, 2.75) is 29.0 Å². The monoisotopic (exact) mass is 273 g/mol. The van der Waals surface area contributed by atoms with Crippen molar-refractivity contribution in [3.63, 3.8) is 0 Å². The fraction of sp³-hybridized carbons (Fsp3) is 0.545. The number of rotatable bonds is 3. The molecule has 0 bridgehead atoms. The van der Waals surface area contributed by atoms with Crippen molar-refractivity contribution in [3.8, 4) is 5.88 Å². The highest BCUT2D eigenvalue weighted by atomic mass is 32.2. The van der Waals surface area contributed by atoms with Crippen LogP contribution < -0.4 is 4.74 Å². The molecule has 1 saturated heterocycles. The van der Waals surface area contributed by atoms with Gasteiger partial charge in [-0.15, -0.1) is 11.8 Å². The molecular formula is C11H15NO5S. The summed E-state index contributed by atoms with van der Waals surface area (Å²) >= 11 is 1.07. The lowest BCUT2D eigenvalue weighted by Gasteiger charge is -2.38. The number of thioether (sulfide) groups is 1. The minimum atomic E-state index is -1.35. The van der Waals surface area contributed by atoms with Crippen molar-refractivity contribution < 1.29 is 25.2 Å². The molecule has 100 valence electrons. The van der Waals surface area contributed by atoms with E-state index in [9.17, 15) is 15.3 Å². The summed E-state index contributed by atoms with van der Waals surface area (Å²) in [5.74, 6) is 0.314. The number of hydrogen-bond donors (Lipinski definition) is 4. The summed E-state index contributed by atoms with van der Waals surface area (Å²) in [6, 6.07) is 5.09. The molecule has 0 amide bonds. The van der Waals surface area contributed by atoms with E-state index in [0.29, 0.717) is 5.88 Å². The van der Waals surface area contributed by atoms with E-state index in [2.05, 4.69) is 4.98 Å². The fourth-order valence-corrected chi connectivity index (χ4v) is 2.93. The van der Waals surface area contributed by atoms with Gasteiger partial charge in [-0.2, -0.15) is 0 Å². The largest absolute Gasteiger partial charge is 0.460 e. The van der Waals surface area contributed by atoms with E-state index in [1.54, 1.807) is 24.4 Å². The maximum Gasteiger partial charge on any atom is 0.214 e. The van der Waals surface area contributed by atoms with E-state index >= 15 is 0 Å². The van der Waals surface area contributed by atoms with Crippen LogP contribution in [0, 0.1) is 0 Å². The highest BCUT2D eigenvalue weighted by Gasteiger charge is 2.44. The lowest BCUT2D eigenvalue weighted by atomic mass is 10.0. The molecule has 1 aliphatic heterocycles. The minimum Gasteiger partial charge on any atom is -0.460 e. The third-order valence-electron chi connectivity index (χ3n) is 2.72. The van der Waals surface area contributed by atoms with Gasteiger partial charge < -0.3 is 25.2 Å². The van der Waals surface area contributed by atoms with Crippen molar-refractivity contribution in [2.75, 3.05) is 6.61 Å². The maximum absolute atomic E-state index is 9.82. The van der Waals surface area contributed by atoms with Crippen LogP contribution in [0.2, 0.25) is 0 Å². The molecule has 0 unspecified atom stereocenters. The second-order valence-corrected chi connectivity index (χ2v) is 5.33. The quantitative estimate of drug-likeness (QED) is 0.559. The van der Waals surface area contributed by atoms with E-state index in [4.69, 9.17) is 9.84 Å². The Bertz CT molecular complexity index is 377. The van der Waals surface area contributed by atoms with Gasteiger partial charge in [0.1, 0.15) is 12.2 Å². The topological polar surface area (TPSA) is 103 Å². The maximum atomic E-state index is 9.82. The summed E-state index contributed by atoms with van der Waals surface area (Å²) in [7, 11) is 0. The van der Waals surface area contributed by atoms with E-state index in [1.165, 1.54) is 0 Å². The SMILES string of the molecule is OC[C@H]1S[C@@H](Oc2ccccn2)[C@H](O)[C@@H](O)[C@@H]1O. The molecule has 0 radical (unpaired) electrons. The van der Waals surface area contributed by atoms with Gasteiger partial charge >= 0.3 is 0 Å². The zero-order valence-corrected chi connectivity index (χ0v) is 10.3. The van der Waals surface area contributed by atoms with E-state index in [0.717, 1.165) is 11.8 Å². The van der Waals surface area contributed by atoms with Crippen LogP contribution in [0.5, 0.6) is 5.88 Å². The molecule has 1 aromatic heterocycles. The average Bonchev–Trinajstić information content (AvgIpc) is 2.40. The standard InChI is InChI=1S/C11H15NO5S/c13-5-6-8(14)9(15)10(16)11(18-6)17-7-3-1-2-4-12-7/h1-4,6,8-11,13-16H,5H2/t6-,8-,9+,10-,11-/m1/s1. The van der Waals surface area contributed by atoms with Crippen LogP contribution in [0.3, 0.4) is 0 Å². The van der Waals surface area contributed by atoms with Gasteiger partial charge in [0, 0.05) is 12.3 Å². The van der Waals surface area contributed by atoms with Crippen molar-refractivity contribution in [1.29, 1.82) is 0 Å². The van der Waals surface area contributed by atoms with Crippen LogP contribution >= 0.6 is 11.8 Å². The Morgan fingerprint density at radius 3 is 2.56 bits per heavy atom. The zero-order valence-electron chi connectivity index (χ0n) is 9.46. The zero-order chi connectivity index (χ0) is 13.1. The van der Waals surface area contributed by atoms with Gasteiger partial charge in [0.05, 0.1) is 18.0 Å². The van der Waals surface area contributed by atoms with E-state index in [-0.39, 0.29) is 6.61 Å². The van der Waals surface area contributed by atoms with Crippen molar-refractivity contribution in [1.82, 2.24) is 4.98 Å². The number of ether oxygens (including phenoxy) is 1. The first-order chi connectivity index (χ1) is 8.63. The highest BCUT2D eigenvalue weighted by molar-refractivity contribution is 8.00. The van der Waals surface area contributed by atoms with Crippen LogP contribution in [0.4, 0.5) is 0 Å². The predicted octanol–water partition coefficient (Wildman–Crippen LogP) is -1.02. The number of aliphatic hydroxyl groups is 4. The van der Waals surface area contributed by atoms with Crippen molar-refractivity contribution in [2.24, 2.45) is 0 Å². The first-order valence-corrected chi connectivity index (χ1v) is 6.46. The summed E-state index contributed by atoms with van der Waals surface area (Å²) in [6.07, 6.45) is -2.23. The Kier molecular flexibility index (Phi) is 4.41. The second kappa shape index (κ2) is 5.85. The highest BCUT2D eigenvalue weighted by Crippen LogP contribution is 2.33. The van der Waals surface area contributed by atoms with E-state index in [1.807, 2.05) is 0 Å². The summed E-state index contributed by atoms with van der Waals surface area (Å²) < 4.78 is 5.44. The Labute approximate surface area is 108 Å². The Hall–Kier alpha value is -0.860. The molecule has 0 aliphatic carbocycles. The molecule has 2 heterocycles. The fourth-order valence-electron chi connectivity index (χ4n) is 1.70. The summed E-state index contributed by atoms with van der Waals surface area (Å²) in [6.45, 7) is -0.308. The van der Waals surface area contributed by atoms with Crippen LogP contribution in [-0.4, -0.2) is 61.0 Å². The third-order valence-corrected chi connectivity index (χ3v) is 4.14. The first-order valence-electron chi connectivity index (χ1n) is 5.51. The number of pyridine rings is 1. The number of aromatic nitrogens is 1. The average molecular weight is 273 g/mol. The van der Waals surface area contributed by atoms with Crippen LogP contribution in [-0.2, 0) is 0 Å². The lowest BCUT2D eigenvalue weighted by Crippen LogP contribution is -2.55. The normalized spacial score (nSPS) is 36.3. The summed E-state index contributed by atoms with van der Waals surface area (Å²) in [5.41, 5.74) is -0.782. The summed E-state index contributed by atoms with van der Waals surface area (Å²) in [4.78, 5) is 3.95. The predicted molar refractivity (Wildman–Crippen MR) is 65.1 cm³/mol. The van der Waals surface area contributed by atoms with Crippen LogP contribution in [0.15, 0.2) is 24.4 Å². The molecule has 4 N–H and O–H groups in total. The number of aliphatic hydroxyl groups excluding tert-OH is 4. The molecule has 1 fully saturated rings. The molecular weight excluding hydrogens is 258 g/mol. The van der Waals surface area contributed by atoms with Gasteiger partial charge in [-0.25, -0.2) is 4.98 Å². The van der Waals surface area contributed by atoms with Crippen molar-refractivity contribution in [3.05, 3.63) is 24.4 Å². The lowest BCUT2D eigenvalue weighted by molar-refractivity contribution is -0.0914. The second-order valence-electron chi connectivity index (χ2n) is 3.98. The third kappa shape index (κ3) is 2.76. The van der Waals surface area contributed by atoms with Gasteiger partial charge in [0.15, 0.2) is 5.44 Å². The molecule has 1 aliphatic rings. The molecule has 5 atom stereocenters. The number of nitrogens with zero attached hydrogens (tertiary/aromatic N) is 1. The Morgan fingerprint density at radius 1 is 1.17 bits per heavy atom. The van der Waals surface area contributed by atoms with Gasteiger partial charge in [-0.1, -0.05) is 6.07 Å². The van der Waals surface area contributed by atoms with Gasteiger partial charge in [-0.3, -0.25) is 0 Å². The molecule has 7 heteroatoms. The molecule has 1 aromatic rings. The van der Waals surface area contributed by atoms with E-state index < -0.39 is 29.0 Å². The van der Waals surface area contributed by atoms with Crippen LogP contribution in [0.25, 0.3) is 0 Å². The van der Waals surface area contributed by atoms with Crippen LogP contribution in [0.1, 0.15) is 0 Å². The molecule has 0 saturated carbocycles. The molecule has 2 rings (SSSR count). The Morgan fingerprint density at radius 2 is 1.94 bits per heavy atom. The van der Waals surface area contributed by atoms with Gasteiger partial charge in [-0.05, 0) is 6.07 Å². The molecule has 6 nitrogen and oxygen atoms in total.